The Labute approximate surface area is 277 Å². The molecule has 47 heavy (non-hydrogen) atoms. The van der Waals surface area contributed by atoms with E-state index in [1.807, 2.05) is 20.8 Å². The Morgan fingerprint density at radius 3 is 2.36 bits per heavy atom. The van der Waals surface area contributed by atoms with Crippen LogP contribution < -0.4 is 21.3 Å². The molecule has 2 heterocycles. The van der Waals surface area contributed by atoms with Crippen LogP contribution >= 0.6 is 0 Å². The number of likely N-dealkylation sites (tertiary alicyclic amines) is 1. The zero-order valence-corrected chi connectivity index (χ0v) is 28.8. The number of hydrogen-bond donors (Lipinski definition) is 4. The molecule has 3 rings (SSSR count). The Hall–Kier alpha value is -4.16. The fourth-order valence-corrected chi connectivity index (χ4v) is 6.29. The second-order valence-corrected chi connectivity index (χ2v) is 14.4. The normalized spacial score (nSPS) is 21.5. The largest absolute Gasteiger partial charge is 0.466 e. The third-order valence-corrected chi connectivity index (χ3v) is 9.13. The molecule has 1 saturated carbocycles. The van der Waals surface area contributed by atoms with Crippen molar-refractivity contribution in [2.75, 3.05) is 13.1 Å². The summed E-state index contributed by atoms with van der Waals surface area (Å²) in [6.07, 6.45) is 3.70. The lowest BCUT2D eigenvalue weighted by Gasteiger charge is -2.38. The topological polar surface area (TPSA) is 176 Å². The first-order valence-electron chi connectivity index (χ1n) is 16.2. The van der Waals surface area contributed by atoms with Gasteiger partial charge in [0.25, 0.3) is 5.91 Å². The quantitative estimate of drug-likeness (QED) is 0.126. The molecule has 5 amide bonds. The number of piperidine rings is 1. The van der Waals surface area contributed by atoms with Gasteiger partial charge in [0.2, 0.25) is 17.6 Å². The first-order valence-corrected chi connectivity index (χ1v) is 16.2. The molecule has 1 aliphatic heterocycles. The molecular formula is C34H51N5O8. The monoisotopic (exact) mass is 657 g/mol. The third-order valence-electron chi connectivity index (χ3n) is 9.13. The third kappa shape index (κ3) is 8.81. The van der Waals surface area contributed by atoms with Crippen LogP contribution in [0.15, 0.2) is 35.5 Å². The molecule has 6 atom stereocenters. The lowest BCUT2D eigenvalue weighted by Crippen LogP contribution is -2.62. The van der Waals surface area contributed by atoms with Gasteiger partial charge >= 0.3 is 12.0 Å². The fourth-order valence-electron chi connectivity index (χ4n) is 6.29. The van der Waals surface area contributed by atoms with Crippen LogP contribution in [0.1, 0.15) is 74.0 Å². The minimum absolute atomic E-state index is 0.0436. The van der Waals surface area contributed by atoms with Gasteiger partial charge in [-0.3, -0.25) is 19.2 Å². The van der Waals surface area contributed by atoms with Crippen molar-refractivity contribution < 1.29 is 37.9 Å². The summed E-state index contributed by atoms with van der Waals surface area (Å²) in [5, 5.41) is 10.6. The highest BCUT2D eigenvalue weighted by molar-refractivity contribution is 6.38. The summed E-state index contributed by atoms with van der Waals surface area (Å²) < 4.78 is 10.5. The second-order valence-electron chi connectivity index (χ2n) is 14.4. The Bertz CT molecular complexity index is 1330. The van der Waals surface area contributed by atoms with Crippen molar-refractivity contribution >= 4 is 35.5 Å². The van der Waals surface area contributed by atoms with E-state index in [2.05, 4.69) is 27.8 Å². The number of nitrogens with zero attached hydrogens (tertiary/aromatic N) is 1. The van der Waals surface area contributed by atoms with Crippen LogP contribution in [0.3, 0.4) is 0 Å². The van der Waals surface area contributed by atoms with Gasteiger partial charge < -0.3 is 35.3 Å². The molecule has 13 nitrogen and oxygen atoms in total. The number of furan rings is 1. The molecular weight excluding hydrogens is 606 g/mol. The van der Waals surface area contributed by atoms with E-state index in [-0.39, 0.29) is 42.7 Å². The molecule has 1 unspecified atom stereocenters. The SMILES string of the molecule is C=CCNC(=O)C(=O)C(CCC)NC(=O)[C@@H]1[C@@H]2[C@H](CN1C(=O)[C@@H](NC(=O)N[C@H](C(=O)OCc1ccco1)C(C)C)C(C)(C)C)C2(C)C. The van der Waals surface area contributed by atoms with Crippen LogP contribution in [0.4, 0.5) is 4.79 Å². The maximum atomic E-state index is 14.2. The van der Waals surface area contributed by atoms with Crippen LogP contribution in [0.2, 0.25) is 0 Å². The number of urea groups is 1. The van der Waals surface area contributed by atoms with Gasteiger partial charge in [-0.1, -0.05) is 67.9 Å². The Morgan fingerprint density at radius 2 is 1.81 bits per heavy atom. The smallest absolute Gasteiger partial charge is 0.329 e. The van der Waals surface area contributed by atoms with Crippen molar-refractivity contribution in [2.24, 2.45) is 28.6 Å². The van der Waals surface area contributed by atoms with Crippen molar-refractivity contribution in [3.05, 3.63) is 36.8 Å². The molecule has 0 spiro atoms. The van der Waals surface area contributed by atoms with E-state index in [0.717, 1.165) is 0 Å². The predicted octanol–water partition coefficient (Wildman–Crippen LogP) is 2.70. The van der Waals surface area contributed by atoms with Gasteiger partial charge in [-0.25, -0.2) is 9.59 Å². The van der Waals surface area contributed by atoms with E-state index in [1.54, 1.807) is 46.8 Å². The van der Waals surface area contributed by atoms with Crippen LogP contribution in [0.5, 0.6) is 0 Å². The van der Waals surface area contributed by atoms with Crippen LogP contribution in [-0.2, 0) is 35.3 Å². The van der Waals surface area contributed by atoms with E-state index in [9.17, 15) is 28.8 Å². The van der Waals surface area contributed by atoms with Gasteiger partial charge in [-0.05, 0) is 47.1 Å². The highest BCUT2D eigenvalue weighted by Crippen LogP contribution is 2.65. The number of ether oxygens (including phenoxy) is 1. The fraction of sp³-hybridized carbons (Fsp3) is 0.647. The van der Waals surface area contributed by atoms with E-state index in [1.165, 1.54) is 17.2 Å². The van der Waals surface area contributed by atoms with E-state index in [0.29, 0.717) is 18.7 Å². The first kappa shape index (κ1) is 37.3. The van der Waals surface area contributed by atoms with Crippen molar-refractivity contribution in [1.29, 1.82) is 0 Å². The van der Waals surface area contributed by atoms with E-state index < -0.39 is 65.1 Å². The van der Waals surface area contributed by atoms with Crippen LogP contribution in [0.25, 0.3) is 0 Å². The number of carbonyl (C=O) groups excluding carboxylic acids is 6. The number of ketones is 1. The molecule has 0 aromatic carbocycles. The summed E-state index contributed by atoms with van der Waals surface area (Å²) >= 11 is 0. The van der Waals surface area contributed by atoms with E-state index >= 15 is 0 Å². The van der Waals surface area contributed by atoms with Gasteiger partial charge in [-0.15, -0.1) is 6.58 Å². The number of rotatable bonds is 15. The minimum atomic E-state index is -1.07. The summed E-state index contributed by atoms with van der Waals surface area (Å²) in [7, 11) is 0. The Balaban J connectivity index is 1.78. The number of fused-ring (bicyclic) bond motifs is 1. The number of carbonyl (C=O) groups is 6. The molecule has 1 aromatic heterocycles. The molecule has 4 N–H and O–H groups in total. The standard InChI is InChI=1S/C34H51N5O8/c1-10-13-22(26(40)29(42)35-15-11-2)36-28(41)25-23-21(34(23,8)9)17-39(25)30(43)27(33(5,6)7)38-32(45)37-24(19(3)4)31(44)47-18-20-14-12-16-46-20/h11-12,14,16,19,21-25,27H,2,10,13,15,17-18H2,1,3-9H3,(H,35,42)(H,36,41)(H2,37,38,45)/t21-,22?,23-,24-,25-,27+/m0/s1. The summed E-state index contributed by atoms with van der Waals surface area (Å²) in [6, 6.07) is -1.43. The van der Waals surface area contributed by atoms with Gasteiger partial charge in [0.15, 0.2) is 0 Å². The number of nitrogens with one attached hydrogen (secondary N) is 4. The number of hydrogen-bond acceptors (Lipinski definition) is 8. The second kappa shape index (κ2) is 15.2. The van der Waals surface area contributed by atoms with Crippen molar-refractivity contribution in [2.45, 2.75) is 99.0 Å². The van der Waals surface area contributed by atoms with Crippen molar-refractivity contribution in [3.63, 3.8) is 0 Å². The van der Waals surface area contributed by atoms with Crippen molar-refractivity contribution in [3.8, 4) is 0 Å². The molecule has 0 bridgehead atoms. The average molecular weight is 658 g/mol. The zero-order valence-electron chi connectivity index (χ0n) is 28.8. The average Bonchev–Trinajstić information content (AvgIpc) is 3.42. The summed E-state index contributed by atoms with van der Waals surface area (Å²) in [6.45, 7) is 18.6. The van der Waals surface area contributed by atoms with Crippen LogP contribution in [0, 0.1) is 28.6 Å². The summed E-state index contributed by atoms with van der Waals surface area (Å²) in [5.74, 6) is -3.21. The molecule has 1 aromatic rings. The maximum Gasteiger partial charge on any atom is 0.329 e. The summed E-state index contributed by atoms with van der Waals surface area (Å²) in [5.41, 5.74) is -0.998. The summed E-state index contributed by atoms with van der Waals surface area (Å²) in [4.78, 5) is 81.1. The minimum Gasteiger partial charge on any atom is -0.466 e. The molecule has 1 aliphatic carbocycles. The zero-order chi connectivity index (χ0) is 35.3. The van der Waals surface area contributed by atoms with Gasteiger partial charge in [0.1, 0.15) is 30.5 Å². The Kier molecular flexibility index (Phi) is 12.0. The molecule has 1 saturated heterocycles. The van der Waals surface area contributed by atoms with Gasteiger partial charge in [0, 0.05) is 13.1 Å². The molecule has 2 aliphatic rings. The molecule has 13 heteroatoms. The first-order chi connectivity index (χ1) is 21.9. The lowest BCUT2D eigenvalue weighted by atomic mass is 9.85. The molecule has 2 fully saturated rings. The predicted molar refractivity (Wildman–Crippen MR) is 173 cm³/mol. The van der Waals surface area contributed by atoms with Crippen LogP contribution in [-0.4, -0.2) is 77.7 Å². The number of esters is 1. The maximum absolute atomic E-state index is 14.2. The highest BCUT2D eigenvalue weighted by atomic mass is 16.5. The molecule has 260 valence electrons. The van der Waals surface area contributed by atoms with Crippen molar-refractivity contribution in [1.82, 2.24) is 26.2 Å². The van der Waals surface area contributed by atoms with E-state index in [4.69, 9.17) is 9.15 Å². The number of Topliss-reactive ketones (excluding diaryl/α,β-unsaturated/α-hetero) is 1. The molecule has 0 radical (unpaired) electrons. The highest BCUT2D eigenvalue weighted by Gasteiger charge is 2.70. The number of amides is 5. The van der Waals surface area contributed by atoms with Gasteiger partial charge in [-0.2, -0.15) is 0 Å². The lowest BCUT2D eigenvalue weighted by molar-refractivity contribution is -0.149. The van der Waals surface area contributed by atoms with Gasteiger partial charge in [0.05, 0.1) is 12.3 Å². The Morgan fingerprint density at radius 1 is 1.13 bits per heavy atom.